The lowest BCUT2D eigenvalue weighted by molar-refractivity contribution is -0.289. The standard InChI is InChI=1S/C28H27F8NO2/c1-25(2,3)19-8-5-11-22(14-19)39-23-12-6-10-21(15-23)37(17-24(38)27(31,32)33)16-18-7-4-9-20(13-18)26(29,30)28(34,35)36/h4-15,24,38H,16-17H2,1-3H3/t24-/m1/s1. The SMILES string of the molecule is CC(C)(C)c1cccc(Oc2cccc(N(Cc3cccc(C(F)(F)C(F)(F)F)c3)C[C@@H](O)C(F)(F)F)c2)c1. The van der Waals surface area contributed by atoms with E-state index in [2.05, 4.69) is 0 Å². The number of hydrogen-bond acceptors (Lipinski definition) is 3. The summed E-state index contributed by atoms with van der Waals surface area (Å²) in [6.07, 6.45) is -13.7. The van der Waals surface area contributed by atoms with E-state index in [0.29, 0.717) is 17.9 Å². The van der Waals surface area contributed by atoms with Crippen LogP contribution in [0.1, 0.15) is 37.5 Å². The Labute approximate surface area is 220 Å². The maximum absolute atomic E-state index is 13.9. The van der Waals surface area contributed by atoms with E-state index in [0.717, 1.165) is 16.5 Å². The van der Waals surface area contributed by atoms with Crippen LogP contribution in [0.15, 0.2) is 72.8 Å². The predicted molar refractivity (Wildman–Crippen MR) is 131 cm³/mol. The maximum Gasteiger partial charge on any atom is 0.458 e. The minimum absolute atomic E-state index is 0.116. The highest BCUT2D eigenvalue weighted by Gasteiger charge is 2.58. The van der Waals surface area contributed by atoms with Crippen LogP contribution in [0.4, 0.5) is 40.8 Å². The molecule has 0 saturated heterocycles. The van der Waals surface area contributed by atoms with Crippen LogP contribution in [0.2, 0.25) is 0 Å². The van der Waals surface area contributed by atoms with E-state index in [-0.39, 0.29) is 22.4 Å². The first-order valence-electron chi connectivity index (χ1n) is 11.8. The van der Waals surface area contributed by atoms with Crippen molar-refractivity contribution >= 4 is 5.69 Å². The molecule has 0 saturated carbocycles. The molecule has 0 aromatic heterocycles. The van der Waals surface area contributed by atoms with Gasteiger partial charge in [0.1, 0.15) is 11.5 Å². The topological polar surface area (TPSA) is 32.7 Å². The van der Waals surface area contributed by atoms with E-state index < -0.39 is 43.0 Å². The zero-order valence-corrected chi connectivity index (χ0v) is 21.2. The fraction of sp³-hybridized carbons (Fsp3) is 0.357. The molecule has 0 radical (unpaired) electrons. The van der Waals surface area contributed by atoms with Crippen LogP contribution in [0.5, 0.6) is 11.5 Å². The summed E-state index contributed by atoms with van der Waals surface area (Å²) in [5.74, 6) is -4.46. The summed E-state index contributed by atoms with van der Waals surface area (Å²) in [7, 11) is 0. The fourth-order valence-corrected chi connectivity index (χ4v) is 3.73. The third-order valence-electron chi connectivity index (χ3n) is 5.91. The average Bonchev–Trinajstić information content (AvgIpc) is 2.82. The molecule has 0 heterocycles. The molecule has 0 unspecified atom stereocenters. The van der Waals surface area contributed by atoms with Crippen LogP contribution < -0.4 is 9.64 Å². The number of hydrogen-bond donors (Lipinski definition) is 1. The summed E-state index contributed by atoms with van der Waals surface area (Å²) < 4.78 is 112. The van der Waals surface area contributed by atoms with Crippen molar-refractivity contribution in [3.63, 3.8) is 0 Å². The van der Waals surface area contributed by atoms with Crippen molar-refractivity contribution in [1.82, 2.24) is 0 Å². The minimum Gasteiger partial charge on any atom is -0.457 e. The second-order valence-corrected chi connectivity index (χ2v) is 10.1. The summed E-state index contributed by atoms with van der Waals surface area (Å²) >= 11 is 0. The van der Waals surface area contributed by atoms with Crippen molar-refractivity contribution < 1.29 is 45.0 Å². The molecular formula is C28H27F8NO2. The molecule has 212 valence electrons. The van der Waals surface area contributed by atoms with Gasteiger partial charge in [0.2, 0.25) is 0 Å². The number of nitrogens with zero attached hydrogens (tertiary/aromatic N) is 1. The lowest BCUT2D eigenvalue weighted by atomic mass is 9.87. The Kier molecular flexibility index (Phi) is 8.54. The van der Waals surface area contributed by atoms with E-state index in [4.69, 9.17) is 4.74 Å². The van der Waals surface area contributed by atoms with Gasteiger partial charge in [-0.05, 0) is 46.9 Å². The molecule has 0 spiro atoms. The number of anilines is 1. The van der Waals surface area contributed by atoms with Gasteiger partial charge in [-0.3, -0.25) is 0 Å². The van der Waals surface area contributed by atoms with Gasteiger partial charge in [0, 0.05) is 23.9 Å². The Morgan fingerprint density at radius 3 is 1.90 bits per heavy atom. The van der Waals surface area contributed by atoms with Gasteiger partial charge in [-0.25, -0.2) is 0 Å². The lowest BCUT2D eigenvalue weighted by Gasteiger charge is -2.29. The molecular weight excluding hydrogens is 534 g/mol. The molecule has 1 N–H and O–H groups in total. The van der Waals surface area contributed by atoms with Crippen molar-refractivity contribution in [2.45, 2.75) is 57.1 Å². The summed E-state index contributed by atoms with van der Waals surface area (Å²) in [4.78, 5) is 1.03. The summed E-state index contributed by atoms with van der Waals surface area (Å²) in [6, 6.07) is 16.4. The van der Waals surface area contributed by atoms with Gasteiger partial charge in [-0.1, -0.05) is 57.2 Å². The second kappa shape index (κ2) is 11.0. The van der Waals surface area contributed by atoms with Gasteiger partial charge >= 0.3 is 18.3 Å². The lowest BCUT2D eigenvalue weighted by Crippen LogP contribution is -2.41. The van der Waals surface area contributed by atoms with Gasteiger partial charge < -0.3 is 14.7 Å². The Bertz CT molecular complexity index is 1270. The Balaban J connectivity index is 1.95. The number of halogens is 8. The molecule has 0 aliphatic carbocycles. The number of aliphatic hydroxyl groups is 1. The quantitative estimate of drug-likeness (QED) is 0.281. The van der Waals surface area contributed by atoms with Crippen LogP contribution in [-0.2, 0) is 17.9 Å². The molecule has 3 nitrogen and oxygen atoms in total. The molecule has 11 heteroatoms. The monoisotopic (exact) mass is 561 g/mol. The maximum atomic E-state index is 13.9. The average molecular weight is 562 g/mol. The van der Waals surface area contributed by atoms with Crippen molar-refractivity contribution in [3.05, 3.63) is 89.5 Å². The molecule has 0 aliphatic rings. The number of alkyl halides is 8. The van der Waals surface area contributed by atoms with Gasteiger partial charge in [-0.15, -0.1) is 0 Å². The first kappa shape index (κ1) is 30.2. The Hall–Kier alpha value is -3.34. The first-order valence-corrected chi connectivity index (χ1v) is 11.8. The first-order chi connectivity index (χ1) is 17.9. The Morgan fingerprint density at radius 1 is 0.744 bits per heavy atom. The van der Waals surface area contributed by atoms with Crippen LogP contribution in [0.25, 0.3) is 0 Å². The second-order valence-electron chi connectivity index (χ2n) is 10.1. The van der Waals surface area contributed by atoms with E-state index in [1.165, 1.54) is 24.3 Å². The molecule has 0 bridgehead atoms. The van der Waals surface area contributed by atoms with Gasteiger partial charge in [0.15, 0.2) is 6.10 Å². The van der Waals surface area contributed by atoms with Gasteiger partial charge in [0.25, 0.3) is 0 Å². The van der Waals surface area contributed by atoms with E-state index >= 15 is 0 Å². The fourth-order valence-electron chi connectivity index (χ4n) is 3.73. The molecule has 0 fully saturated rings. The summed E-state index contributed by atoms with van der Waals surface area (Å²) in [5.41, 5.74) is -0.546. The van der Waals surface area contributed by atoms with Crippen LogP contribution >= 0.6 is 0 Å². The zero-order valence-electron chi connectivity index (χ0n) is 21.2. The number of ether oxygens (including phenoxy) is 1. The summed E-state index contributed by atoms with van der Waals surface area (Å²) in [6.45, 7) is 4.52. The zero-order chi connectivity index (χ0) is 29.2. The number of aliphatic hydroxyl groups excluding tert-OH is 1. The summed E-state index contributed by atoms with van der Waals surface area (Å²) in [5, 5.41) is 9.73. The van der Waals surface area contributed by atoms with Crippen molar-refractivity contribution in [3.8, 4) is 11.5 Å². The predicted octanol–water partition coefficient (Wildman–Crippen LogP) is 8.36. The van der Waals surface area contributed by atoms with Crippen LogP contribution in [0.3, 0.4) is 0 Å². The van der Waals surface area contributed by atoms with Gasteiger partial charge in [0.05, 0.1) is 6.54 Å². The van der Waals surface area contributed by atoms with E-state index in [1.54, 1.807) is 18.2 Å². The highest BCUT2D eigenvalue weighted by Crippen LogP contribution is 2.44. The third-order valence-corrected chi connectivity index (χ3v) is 5.91. The molecule has 3 aromatic carbocycles. The van der Waals surface area contributed by atoms with Crippen molar-refractivity contribution in [1.29, 1.82) is 0 Å². The van der Waals surface area contributed by atoms with E-state index in [1.807, 2.05) is 32.9 Å². The number of benzene rings is 3. The van der Waals surface area contributed by atoms with Crippen LogP contribution in [-0.4, -0.2) is 30.1 Å². The van der Waals surface area contributed by atoms with Crippen LogP contribution in [0, 0.1) is 0 Å². The van der Waals surface area contributed by atoms with E-state index in [9.17, 15) is 40.2 Å². The highest BCUT2D eigenvalue weighted by atomic mass is 19.4. The molecule has 0 aliphatic heterocycles. The normalized spacial score (nSPS) is 13.7. The Morgan fingerprint density at radius 2 is 1.31 bits per heavy atom. The molecule has 39 heavy (non-hydrogen) atoms. The third kappa shape index (κ3) is 7.62. The molecule has 3 rings (SSSR count). The van der Waals surface area contributed by atoms with Crippen molar-refractivity contribution in [2.24, 2.45) is 0 Å². The van der Waals surface area contributed by atoms with Gasteiger partial charge in [-0.2, -0.15) is 35.1 Å². The molecule has 3 aromatic rings. The largest absolute Gasteiger partial charge is 0.458 e. The highest BCUT2D eigenvalue weighted by molar-refractivity contribution is 5.52. The molecule has 0 amide bonds. The smallest absolute Gasteiger partial charge is 0.457 e. The molecule has 1 atom stereocenters. The van der Waals surface area contributed by atoms with Crippen molar-refractivity contribution in [2.75, 3.05) is 11.4 Å². The minimum atomic E-state index is -5.85. The number of rotatable bonds is 8.